The van der Waals surface area contributed by atoms with E-state index < -0.39 is 0 Å². The van der Waals surface area contributed by atoms with Crippen molar-refractivity contribution in [3.63, 3.8) is 0 Å². The van der Waals surface area contributed by atoms with E-state index in [1.54, 1.807) is 6.08 Å². The summed E-state index contributed by atoms with van der Waals surface area (Å²) < 4.78 is 1.98. The summed E-state index contributed by atoms with van der Waals surface area (Å²) in [7, 11) is 4.04. The molecule has 4 N–H and O–H groups in total. The van der Waals surface area contributed by atoms with Crippen molar-refractivity contribution in [1.82, 2.24) is 0 Å². The minimum Gasteiger partial charge on any atom is -0.391 e. The molecule has 0 aliphatic carbocycles. The van der Waals surface area contributed by atoms with Crippen molar-refractivity contribution in [2.75, 3.05) is 54.2 Å². The summed E-state index contributed by atoms with van der Waals surface area (Å²) in [5, 5.41) is 20.2. The Balaban J connectivity index is 1.05. The minimum absolute atomic E-state index is 0.142. The molecule has 0 amide bonds. The fourth-order valence-corrected chi connectivity index (χ4v) is 9.02. The molecular formula is C53H64N4O2S2+2. The summed E-state index contributed by atoms with van der Waals surface area (Å²) in [6, 6.07) is 43.5. The Morgan fingerprint density at radius 1 is 0.590 bits per heavy atom. The van der Waals surface area contributed by atoms with E-state index in [9.17, 15) is 0 Å². The topological polar surface area (TPSA) is 67.4 Å². The molecule has 8 heteroatoms. The number of pyridine rings is 1. The van der Waals surface area contributed by atoms with Crippen molar-refractivity contribution < 1.29 is 20.1 Å². The highest BCUT2D eigenvalue weighted by atomic mass is 33.1. The molecule has 0 spiro atoms. The van der Waals surface area contributed by atoms with Crippen LogP contribution in [0.3, 0.4) is 0 Å². The molecule has 0 atom stereocenters. The normalized spacial score (nSPS) is 11.9. The zero-order chi connectivity index (χ0) is 42.6. The first kappa shape index (κ1) is 47.0. The second kappa shape index (κ2) is 28.4. The molecule has 0 bridgehead atoms. The summed E-state index contributed by atoms with van der Waals surface area (Å²) >= 11 is 0. The molecule has 318 valence electrons. The number of allylic oxidation sites excluding steroid dienone is 5. The Kier molecular flexibility index (Phi) is 21.9. The fourth-order valence-electron chi connectivity index (χ4n) is 6.73. The van der Waals surface area contributed by atoms with Gasteiger partial charge in [-0.3, -0.25) is 0 Å². The van der Waals surface area contributed by atoms with E-state index in [-0.39, 0.29) is 13.2 Å². The molecule has 0 fully saturated rings. The van der Waals surface area contributed by atoms with Gasteiger partial charge in [0.1, 0.15) is 13.2 Å². The summed E-state index contributed by atoms with van der Waals surface area (Å²) in [6.45, 7) is 9.25. The van der Waals surface area contributed by atoms with Crippen molar-refractivity contribution >= 4 is 51.2 Å². The third-order valence-electron chi connectivity index (χ3n) is 10.1. The molecule has 1 aromatic heterocycles. The van der Waals surface area contributed by atoms with Gasteiger partial charge in [-0.05, 0) is 89.4 Å². The van der Waals surface area contributed by atoms with Crippen molar-refractivity contribution in [3.8, 4) is 0 Å². The van der Waals surface area contributed by atoms with Crippen LogP contribution in [0.15, 0.2) is 176 Å². The Labute approximate surface area is 373 Å². The minimum atomic E-state index is 0.142. The molecule has 0 unspecified atom stereocenters. The lowest BCUT2D eigenvalue weighted by molar-refractivity contribution is -0.698. The van der Waals surface area contributed by atoms with Crippen LogP contribution in [-0.2, 0) is 19.6 Å². The number of aromatic nitrogens is 1. The zero-order valence-electron chi connectivity index (χ0n) is 35.6. The van der Waals surface area contributed by atoms with E-state index in [1.165, 1.54) is 40.9 Å². The van der Waals surface area contributed by atoms with Gasteiger partial charge in [-0.2, -0.15) is 0 Å². The Bertz CT molecular complexity index is 2070. The van der Waals surface area contributed by atoms with Crippen molar-refractivity contribution in [2.24, 2.45) is 0 Å². The van der Waals surface area contributed by atoms with Crippen LogP contribution < -0.4 is 19.7 Å². The highest BCUT2D eigenvalue weighted by Crippen LogP contribution is 2.26. The molecule has 0 saturated heterocycles. The number of nitrogens with zero attached hydrogens (tertiary/aromatic N) is 3. The number of aliphatic hydroxyl groups excluding tert-OH is 2. The first-order valence-corrected chi connectivity index (χ1v) is 24.0. The van der Waals surface area contributed by atoms with Gasteiger partial charge in [-0.1, -0.05) is 150 Å². The lowest BCUT2D eigenvalue weighted by atomic mass is 10.1. The number of hydrogen-bond acceptors (Lipinski definition) is 6. The van der Waals surface area contributed by atoms with Crippen LogP contribution in [0, 0.1) is 0 Å². The van der Waals surface area contributed by atoms with Crippen LogP contribution in [-0.4, -0.2) is 54.6 Å². The number of anilines is 2. The third-order valence-corrected chi connectivity index (χ3v) is 12.7. The standard InChI is InChI=1S/C53H63N4O2S2/c1-2-13-46(30-33-54-34-40-58)18-19-47-22-26-52(27-23-47)56(44-50-14-5-3-6-15-50)35-9-11-42-60-61-43-12-10-36-57(45-51-16-7-4-8-17-51)53-28-24-48(25-29-53)20-21-49-31-37-55(38-32-49)39-41-59/h2-8,13-33,37-38,54,58-59H,1,9-12,34-36,39-45H2/q+1/p+1. The van der Waals surface area contributed by atoms with Gasteiger partial charge in [0.15, 0.2) is 18.9 Å². The molecule has 1 heterocycles. The van der Waals surface area contributed by atoms with Crippen LogP contribution in [0.5, 0.6) is 0 Å². The van der Waals surface area contributed by atoms with Crippen LogP contribution in [0.2, 0.25) is 0 Å². The molecular weight excluding hydrogens is 789 g/mol. The quantitative estimate of drug-likeness (QED) is 0.0202. The predicted molar refractivity (Wildman–Crippen MR) is 264 cm³/mol. The lowest BCUT2D eigenvalue weighted by Gasteiger charge is -2.25. The average molecular weight is 853 g/mol. The number of aliphatic hydroxyl groups is 2. The Hall–Kier alpha value is -5.09. The van der Waals surface area contributed by atoms with Gasteiger partial charge in [0.2, 0.25) is 0 Å². The molecule has 4 aromatic carbocycles. The average Bonchev–Trinajstić information content (AvgIpc) is 3.30. The molecule has 5 rings (SSSR count). The maximum Gasteiger partial charge on any atom is 0.171 e. The molecule has 6 nitrogen and oxygen atoms in total. The second-order valence-electron chi connectivity index (χ2n) is 14.8. The zero-order valence-corrected chi connectivity index (χ0v) is 37.2. The summed E-state index contributed by atoms with van der Waals surface area (Å²) in [6.07, 6.45) is 25.0. The van der Waals surface area contributed by atoms with Gasteiger partial charge in [-0.15, -0.1) is 0 Å². The number of benzene rings is 4. The Morgan fingerprint density at radius 2 is 1.10 bits per heavy atom. The second-order valence-corrected chi connectivity index (χ2v) is 17.5. The highest BCUT2D eigenvalue weighted by Gasteiger charge is 2.10. The van der Waals surface area contributed by atoms with E-state index in [0.29, 0.717) is 13.1 Å². The maximum absolute atomic E-state index is 9.17. The number of rotatable bonds is 28. The SMILES string of the molecule is C=CC=C(C=C[NH2+]CCO)C=Cc1ccc(N(CCCCSSCCCCN(Cc2ccccc2)c2ccc(C=Cc3cc[n+](CCO)cc3)cc2)Cc2ccccc2)cc1. The molecule has 0 aliphatic rings. The van der Waals surface area contributed by atoms with E-state index in [2.05, 4.69) is 162 Å². The van der Waals surface area contributed by atoms with Crippen LogP contribution in [0.1, 0.15) is 53.5 Å². The first-order chi connectivity index (χ1) is 30.1. The molecule has 0 aliphatic heterocycles. The predicted octanol–water partition coefficient (Wildman–Crippen LogP) is 9.99. The number of hydrogen-bond donors (Lipinski definition) is 3. The molecule has 0 radical (unpaired) electrons. The van der Waals surface area contributed by atoms with Crippen LogP contribution in [0.4, 0.5) is 11.4 Å². The number of unbranched alkanes of at least 4 members (excludes halogenated alkanes) is 2. The summed E-state index contributed by atoms with van der Waals surface area (Å²) in [4.78, 5) is 5.02. The number of nitrogens with two attached hydrogens (primary N) is 1. The lowest BCUT2D eigenvalue weighted by Crippen LogP contribution is -2.79. The number of quaternary nitrogens is 1. The Morgan fingerprint density at radius 3 is 1.59 bits per heavy atom. The first-order valence-electron chi connectivity index (χ1n) is 21.6. The van der Waals surface area contributed by atoms with Gasteiger partial charge in [0.05, 0.1) is 12.8 Å². The summed E-state index contributed by atoms with van der Waals surface area (Å²) in [5.41, 5.74) is 9.68. The molecule has 61 heavy (non-hydrogen) atoms. The largest absolute Gasteiger partial charge is 0.391 e. The van der Waals surface area contributed by atoms with Crippen molar-refractivity contribution in [3.05, 3.63) is 204 Å². The van der Waals surface area contributed by atoms with E-state index in [4.69, 9.17) is 10.2 Å². The van der Waals surface area contributed by atoms with Gasteiger partial charge in [0.25, 0.3) is 0 Å². The highest BCUT2D eigenvalue weighted by molar-refractivity contribution is 8.76. The maximum atomic E-state index is 9.17. The monoisotopic (exact) mass is 852 g/mol. The van der Waals surface area contributed by atoms with Gasteiger partial charge < -0.3 is 25.3 Å². The summed E-state index contributed by atoms with van der Waals surface area (Å²) in [5.74, 6) is 2.33. The fraction of sp³-hybridized carbons (Fsp3) is 0.264. The van der Waals surface area contributed by atoms with Crippen molar-refractivity contribution in [2.45, 2.75) is 45.3 Å². The molecule has 0 saturated carbocycles. The van der Waals surface area contributed by atoms with E-state index in [0.717, 1.165) is 67.2 Å². The smallest absolute Gasteiger partial charge is 0.171 e. The van der Waals surface area contributed by atoms with E-state index >= 15 is 0 Å². The van der Waals surface area contributed by atoms with E-state index in [1.807, 2.05) is 62.2 Å². The van der Waals surface area contributed by atoms with Gasteiger partial charge in [-0.25, -0.2) is 4.57 Å². The van der Waals surface area contributed by atoms with Crippen LogP contribution >= 0.6 is 21.6 Å². The third kappa shape index (κ3) is 18.2. The molecule has 5 aromatic rings. The van der Waals surface area contributed by atoms with Crippen LogP contribution in [0.25, 0.3) is 18.2 Å². The van der Waals surface area contributed by atoms with Gasteiger partial charge >= 0.3 is 0 Å². The van der Waals surface area contributed by atoms with Crippen molar-refractivity contribution in [1.29, 1.82) is 0 Å². The van der Waals surface area contributed by atoms with Gasteiger partial charge in [0, 0.05) is 61.2 Å².